The topological polar surface area (TPSA) is 237 Å². The van der Waals surface area contributed by atoms with Gasteiger partial charge in [-0.3, -0.25) is 37.3 Å². The van der Waals surface area contributed by atoms with E-state index in [0.717, 1.165) is 114 Å². The molecule has 4 unspecified atom stereocenters. The number of hydrogen-bond donors (Lipinski definition) is 3. The molecule has 0 aliphatic heterocycles. The lowest BCUT2D eigenvalue weighted by atomic mass is 9.99. The second-order valence-electron chi connectivity index (χ2n) is 33.0. The number of rotatable bonds is 84. The Morgan fingerprint density at radius 3 is 0.670 bits per heavy atom. The summed E-state index contributed by atoms with van der Waals surface area (Å²) in [5.74, 6) is 1.04. The van der Waals surface area contributed by atoms with Crippen molar-refractivity contribution in [2.45, 2.75) is 472 Å². The molecule has 0 saturated carbocycles. The molecule has 0 radical (unpaired) electrons. The van der Waals surface area contributed by atoms with Crippen molar-refractivity contribution in [2.75, 3.05) is 39.6 Å². The minimum absolute atomic E-state index is 0.107. The van der Waals surface area contributed by atoms with E-state index in [2.05, 4.69) is 55.4 Å². The highest BCUT2D eigenvalue weighted by Gasteiger charge is 2.31. The molecule has 6 atom stereocenters. The number of ether oxygens (including phenoxy) is 4. The summed E-state index contributed by atoms with van der Waals surface area (Å²) < 4.78 is 68.9. The van der Waals surface area contributed by atoms with E-state index in [0.29, 0.717) is 31.6 Å². The highest BCUT2D eigenvalue weighted by molar-refractivity contribution is 7.47. The van der Waals surface area contributed by atoms with Gasteiger partial charge in [-0.1, -0.05) is 402 Å². The van der Waals surface area contributed by atoms with Crippen LogP contribution in [0, 0.1) is 23.7 Å². The van der Waals surface area contributed by atoms with Gasteiger partial charge in [-0.05, 0) is 49.4 Å². The second kappa shape index (κ2) is 75.7. The van der Waals surface area contributed by atoms with Gasteiger partial charge in [-0.2, -0.15) is 0 Å². The Kier molecular flexibility index (Phi) is 74.3. The van der Waals surface area contributed by atoms with Crippen LogP contribution in [0.15, 0.2) is 0 Å². The monoisotopic (exact) mass is 1550 g/mol. The molecule has 17 nitrogen and oxygen atoms in total. The number of phosphoric acid groups is 2. The lowest BCUT2D eigenvalue weighted by Crippen LogP contribution is -2.30. The Balaban J connectivity index is 5.21. The maximum atomic E-state index is 13.1. The third-order valence-corrected chi connectivity index (χ3v) is 22.6. The highest BCUT2D eigenvalue weighted by Crippen LogP contribution is 2.45. The van der Waals surface area contributed by atoms with Gasteiger partial charge < -0.3 is 33.8 Å². The van der Waals surface area contributed by atoms with E-state index < -0.39 is 97.5 Å². The van der Waals surface area contributed by atoms with Gasteiger partial charge in [0, 0.05) is 25.7 Å². The molecule has 0 rings (SSSR count). The Bertz CT molecular complexity index is 2060. The van der Waals surface area contributed by atoms with Crippen molar-refractivity contribution in [1.29, 1.82) is 0 Å². The molecule has 0 aliphatic carbocycles. The highest BCUT2D eigenvalue weighted by atomic mass is 31.2. The van der Waals surface area contributed by atoms with Crippen LogP contribution in [0.1, 0.15) is 453 Å². The van der Waals surface area contributed by atoms with Crippen molar-refractivity contribution >= 4 is 39.5 Å². The smallest absolute Gasteiger partial charge is 0.462 e. The van der Waals surface area contributed by atoms with Crippen LogP contribution >= 0.6 is 15.6 Å². The molecule has 0 heterocycles. The molecule has 19 heteroatoms. The number of hydrogen-bond acceptors (Lipinski definition) is 15. The van der Waals surface area contributed by atoms with E-state index in [9.17, 15) is 43.2 Å². The summed E-state index contributed by atoms with van der Waals surface area (Å²) in [5, 5.41) is 10.7. The third-order valence-electron chi connectivity index (χ3n) is 20.7. The minimum Gasteiger partial charge on any atom is -0.462 e. The second-order valence-corrected chi connectivity index (χ2v) is 35.9. The van der Waals surface area contributed by atoms with E-state index in [1.807, 2.05) is 0 Å². The summed E-state index contributed by atoms with van der Waals surface area (Å²) in [6.45, 7) is 14.3. The first-order valence-corrected chi connectivity index (χ1v) is 47.7. The van der Waals surface area contributed by atoms with Gasteiger partial charge in [0.05, 0.1) is 26.4 Å². The zero-order chi connectivity index (χ0) is 78.1. The molecule has 0 aliphatic rings. The fourth-order valence-corrected chi connectivity index (χ4v) is 15.0. The van der Waals surface area contributed by atoms with Gasteiger partial charge in [-0.15, -0.1) is 0 Å². The molecule has 0 saturated heterocycles. The van der Waals surface area contributed by atoms with E-state index in [1.54, 1.807) is 0 Å². The molecular formula is C87H170O17P2. The number of aliphatic hydroxyl groups excluding tert-OH is 1. The summed E-state index contributed by atoms with van der Waals surface area (Å²) in [7, 11) is -9.93. The van der Waals surface area contributed by atoms with Gasteiger partial charge in [0.25, 0.3) is 0 Å². The Morgan fingerprint density at radius 1 is 0.264 bits per heavy atom. The number of esters is 4. The van der Waals surface area contributed by atoms with Crippen molar-refractivity contribution in [2.24, 2.45) is 23.7 Å². The summed E-state index contributed by atoms with van der Waals surface area (Å²) in [5.41, 5.74) is 0. The van der Waals surface area contributed by atoms with E-state index in [4.69, 9.17) is 37.0 Å². The molecule has 0 spiro atoms. The standard InChI is InChI=1S/C87H170O17P2/c1-9-80(8)66-58-50-41-35-29-23-16-12-10-11-13-17-25-31-37-43-53-61-69-86(91)103-82(73-97-84(89)67-59-51-42-36-30-24-20-19-22-28-34-40-48-56-64-78(4)5)75-101-105(93,94)99-71-81(88)72-100-106(95,96)102-76-83(74-98-85(90)68-60-52-46-45-49-57-65-79(6)7)104-87(92)70-62-54-44-38-32-26-18-14-15-21-27-33-39-47-55-63-77(2)3/h77-83,88H,9-76H2,1-8H3,(H,93,94)(H,95,96)/t80?,81?,82-,83-/m1/s1. The number of carbonyl (C=O) groups is 4. The SMILES string of the molecule is CCC(C)CCCCCCCCCCCCCCCCCCCCC(=O)O[C@H](COC(=O)CCCCCCCCCCCCCCCCC(C)C)COP(=O)(O)OCC(O)COP(=O)(O)OC[C@@H](COC(=O)CCCCCCCCC(C)C)OC(=O)CCCCCCCCCCCCCCCCCC(C)C. The average molecular weight is 1550 g/mol. The van der Waals surface area contributed by atoms with Crippen LogP contribution < -0.4 is 0 Å². The Hall–Kier alpha value is -1.94. The summed E-state index contributed by atoms with van der Waals surface area (Å²) >= 11 is 0. The molecule has 106 heavy (non-hydrogen) atoms. The number of carbonyl (C=O) groups excluding carboxylic acids is 4. The van der Waals surface area contributed by atoms with Crippen LogP contribution in [0.4, 0.5) is 0 Å². The molecule has 0 aromatic carbocycles. The number of unbranched alkanes of at least 4 members (excludes halogenated alkanes) is 49. The fraction of sp³-hybridized carbons (Fsp3) is 0.954. The van der Waals surface area contributed by atoms with Gasteiger partial charge in [-0.25, -0.2) is 9.13 Å². The number of aliphatic hydroxyl groups is 1. The average Bonchev–Trinajstić information content (AvgIpc) is 0.902. The van der Waals surface area contributed by atoms with Gasteiger partial charge in [0.15, 0.2) is 12.2 Å². The van der Waals surface area contributed by atoms with Gasteiger partial charge in [0.2, 0.25) is 0 Å². The maximum Gasteiger partial charge on any atom is 0.472 e. The van der Waals surface area contributed by atoms with Crippen LogP contribution in [-0.2, 0) is 65.4 Å². The predicted molar refractivity (Wildman–Crippen MR) is 437 cm³/mol. The molecule has 0 amide bonds. The first kappa shape index (κ1) is 104. The van der Waals surface area contributed by atoms with Gasteiger partial charge >= 0.3 is 39.5 Å². The van der Waals surface area contributed by atoms with Crippen LogP contribution in [0.25, 0.3) is 0 Å². The van der Waals surface area contributed by atoms with Crippen LogP contribution in [-0.4, -0.2) is 96.7 Å². The Labute approximate surface area is 651 Å². The van der Waals surface area contributed by atoms with Crippen LogP contribution in [0.2, 0.25) is 0 Å². The van der Waals surface area contributed by atoms with Crippen molar-refractivity contribution in [3.05, 3.63) is 0 Å². The van der Waals surface area contributed by atoms with Gasteiger partial charge in [0.1, 0.15) is 19.3 Å². The molecule has 0 aromatic rings. The zero-order valence-electron chi connectivity index (χ0n) is 70.1. The van der Waals surface area contributed by atoms with E-state index in [-0.39, 0.29) is 25.7 Å². The van der Waals surface area contributed by atoms with Crippen molar-refractivity contribution < 1.29 is 80.2 Å². The first-order chi connectivity index (χ1) is 51.1. The zero-order valence-corrected chi connectivity index (χ0v) is 71.9. The summed E-state index contributed by atoms with van der Waals surface area (Å²) in [4.78, 5) is 73.2. The largest absolute Gasteiger partial charge is 0.472 e. The molecular weight excluding hydrogens is 1380 g/mol. The predicted octanol–water partition coefficient (Wildman–Crippen LogP) is 26.3. The molecule has 0 fully saturated rings. The Morgan fingerprint density at radius 2 is 0.453 bits per heavy atom. The lowest BCUT2D eigenvalue weighted by molar-refractivity contribution is -0.161. The maximum absolute atomic E-state index is 13.1. The fourth-order valence-electron chi connectivity index (χ4n) is 13.5. The van der Waals surface area contributed by atoms with Crippen molar-refractivity contribution in [1.82, 2.24) is 0 Å². The third kappa shape index (κ3) is 78.7. The quantitative estimate of drug-likeness (QED) is 0.0222. The molecule has 3 N–H and O–H groups in total. The lowest BCUT2D eigenvalue weighted by Gasteiger charge is -2.21. The normalized spacial score (nSPS) is 14.2. The first-order valence-electron chi connectivity index (χ1n) is 44.7. The molecule has 630 valence electrons. The summed E-state index contributed by atoms with van der Waals surface area (Å²) in [6.07, 6.45) is 65.4. The van der Waals surface area contributed by atoms with Crippen molar-refractivity contribution in [3.63, 3.8) is 0 Å². The van der Waals surface area contributed by atoms with Crippen LogP contribution in [0.3, 0.4) is 0 Å². The number of phosphoric ester groups is 2. The van der Waals surface area contributed by atoms with Crippen LogP contribution in [0.5, 0.6) is 0 Å². The van der Waals surface area contributed by atoms with E-state index in [1.165, 1.54) is 250 Å². The summed E-state index contributed by atoms with van der Waals surface area (Å²) in [6, 6.07) is 0. The molecule has 0 aromatic heterocycles. The van der Waals surface area contributed by atoms with Crippen molar-refractivity contribution in [3.8, 4) is 0 Å². The van der Waals surface area contributed by atoms with E-state index >= 15 is 0 Å². The minimum atomic E-state index is -4.97. The molecule has 0 bridgehead atoms.